The minimum atomic E-state index is -0.545. The molecule has 0 aliphatic heterocycles. The summed E-state index contributed by atoms with van der Waals surface area (Å²) < 4.78 is 10.6. The number of ketones is 2. The van der Waals surface area contributed by atoms with Crippen LogP contribution in [0.1, 0.15) is 128 Å². The molecule has 7 nitrogen and oxygen atoms in total. The van der Waals surface area contributed by atoms with Crippen LogP contribution in [0.25, 0.3) is 0 Å². The molecule has 0 bridgehead atoms. The van der Waals surface area contributed by atoms with E-state index in [-0.39, 0.29) is 29.3 Å². The highest BCUT2D eigenvalue weighted by Gasteiger charge is 2.35. The molecular formula is C35H50N2O5. The van der Waals surface area contributed by atoms with Gasteiger partial charge in [-0.2, -0.15) is 0 Å². The van der Waals surface area contributed by atoms with E-state index in [1.165, 1.54) is 12.5 Å². The Morgan fingerprint density at radius 3 is 1.79 bits per heavy atom. The highest BCUT2D eigenvalue weighted by Crippen LogP contribution is 2.37. The second-order valence-corrected chi connectivity index (χ2v) is 11.3. The zero-order chi connectivity index (χ0) is 30.5. The van der Waals surface area contributed by atoms with Gasteiger partial charge in [0.05, 0.1) is 23.3 Å². The van der Waals surface area contributed by atoms with E-state index in [0.29, 0.717) is 53.1 Å². The Balaban J connectivity index is 1.97. The number of carbonyl (C=O) groups excluding carboxylic acids is 3. The van der Waals surface area contributed by atoms with Crippen molar-refractivity contribution in [3.63, 3.8) is 0 Å². The van der Waals surface area contributed by atoms with Gasteiger partial charge in [-0.25, -0.2) is 4.79 Å². The highest BCUT2D eigenvalue weighted by atomic mass is 16.6. The largest absolute Gasteiger partial charge is 0.460 e. The lowest BCUT2D eigenvalue weighted by atomic mass is 9.81. The second-order valence-electron chi connectivity index (χ2n) is 11.3. The van der Waals surface area contributed by atoms with Crippen LogP contribution in [-0.4, -0.2) is 50.4 Å². The van der Waals surface area contributed by atoms with E-state index in [1.807, 2.05) is 19.1 Å². The van der Waals surface area contributed by atoms with Gasteiger partial charge in [0.25, 0.3) is 0 Å². The van der Waals surface area contributed by atoms with Crippen molar-refractivity contribution in [2.45, 2.75) is 86.0 Å². The number of benzene rings is 2. The molecule has 7 heteroatoms. The lowest BCUT2D eigenvalue weighted by molar-refractivity contribution is 0.0335. The van der Waals surface area contributed by atoms with Crippen LogP contribution in [0, 0.1) is 11.8 Å². The Hall–Kier alpha value is -3.19. The molecule has 0 spiro atoms. The Labute approximate surface area is 252 Å². The predicted octanol–water partition coefficient (Wildman–Crippen LogP) is 7.91. The van der Waals surface area contributed by atoms with E-state index >= 15 is 0 Å². The molecule has 2 N–H and O–H groups in total. The van der Waals surface area contributed by atoms with Gasteiger partial charge in [0, 0.05) is 42.2 Å². The summed E-state index contributed by atoms with van der Waals surface area (Å²) in [4.78, 5) is 40.9. The van der Waals surface area contributed by atoms with Crippen molar-refractivity contribution in [2.75, 3.05) is 43.5 Å². The summed E-state index contributed by atoms with van der Waals surface area (Å²) in [5.74, 6) is -0.0463. The quantitative estimate of drug-likeness (QED) is 0.110. The van der Waals surface area contributed by atoms with Crippen molar-refractivity contribution in [3.8, 4) is 0 Å². The number of ether oxygens (including phenoxy) is 2. The summed E-state index contributed by atoms with van der Waals surface area (Å²) >= 11 is 0. The molecule has 0 amide bonds. The van der Waals surface area contributed by atoms with Gasteiger partial charge in [0.15, 0.2) is 11.6 Å². The number of rotatable bonds is 19. The third-order valence-corrected chi connectivity index (χ3v) is 8.32. The molecule has 0 heterocycles. The van der Waals surface area contributed by atoms with Gasteiger partial charge in [-0.1, -0.05) is 66.2 Å². The Morgan fingerprint density at radius 2 is 1.29 bits per heavy atom. The maximum absolute atomic E-state index is 14.1. The number of unbranched alkanes of at least 4 members (excludes halogenated alkanes) is 2. The van der Waals surface area contributed by atoms with Crippen molar-refractivity contribution in [3.05, 3.63) is 58.1 Å². The minimum Gasteiger partial charge on any atom is -0.460 e. The summed E-state index contributed by atoms with van der Waals surface area (Å²) in [6.45, 7) is 13.1. The van der Waals surface area contributed by atoms with Crippen LogP contribution in [0.3, 0.4) is 0 Å². The molecule has 0 saturated carbocycles. The van der Waals surface area contributed by atoms with Gasteiger partial charge in [-0.3, -0.25) is 9.59 Å². The van der Waals surface area contributed by atoms with E-state index in [2.05, 4.69) is 38.3 Å². The molecule has 0 saturated heterocycles. The minimum absolute atomic E-state index is 0.121. The van der Waals surface area contributed by atoms with Crippen LogP contribution in [-0.2, 0) is 9.47 Å². The molecule has 0 fully saturated rings. The molecule has 2 unspecified atom stereocenters. The molecule has 2 aromatic carbocycles. The van der Waals surface area contributed by atoms with Crippen LogP contribution in [0.15, 0.2) is 30.3 Å². The maximum atomic E-state index is 14.1. The fourth-order valence-corrected chi connectivity index (χ4v) is 5.51. The summed E-state index contributed by atoms with van der Waals surface area (Å²) in [6, 6.07) is 8.49. The van der Waals surface area contributed by atoms with E-state index in [1.54, 1.807) is 12.1 Å². The molecule has 230 valence electrons. The first-order valence-electron chi connectivity index (χ1n) is 16.0. The molecule has 3 rings (SSSR count). The zero-order valence-electron chi connectivity index (χ0n) is 26.3. The number of carbonyl (C=O) groups is 3. The van der Waals surface area contributed by atoms with Crippen molar-refractivity contribution in [1.29, 1.82) is 0 Å². The lowest BCUT2D eigenvalue weighted by Crippen LogP contribution is -2.26. The van der Waals surface area contributed by atoms with Crippen LogP contribution in [0.5, 0.6) is 0 Å². The van der Waals surface area contributed by atoms with E-state index in [9.17, 15) is 14.4 Å². The lowest BCUT2D eigenvalue weighted by Gasteiger charge is -2.26. The van der Waals surface area contributed by atoms with Gasteiger partial charge in [-0.15, -0.1) is 0 Å². The standard InChI is InChI=1S/C35H50N2O5/c1-6-11-13-24(8-3)22-36-29-17-18-30(37-23-25(9-4)14-12-7-2)32-31(29)33(38)27-16-15-26(21-28(27)34(32)39)35(40)42-20-19-41-10-5/h15-18,21,24-25,36-37H,6-14,19-20,22-23H2,1-5H3. The summed E-state index contributed by atoms with van der Waals surface area (Å²) in [5.41, 5.74) is 2.93. The highest BCUT2D eigenvalue weighted by molar-refractivity contribution is 6.32. The van der Waals surface area contributed by atoms with E-state index < -0.39 is 5.97 Å². The van der Waals surface area contributed by atoms with Gasteiger partial charge in [-0.05, 0) is 61.9 Å². The number of hydrogen-bond acceptors (Lipinski definition) is 7. The van der Waals surface area contributed by atoms with Crippen LogP contribution >= 0.6 is 0 Å². The third kappa shape index (κ3) is 8.43. The SMILES string of the molecule is CCCCC(CC)CNc1ccc(NCC(CC)CCCC)c2c1C(=O)c1ccc(C(=O)OCCOCC)cc1C2=O. The number of hydrogen-bond donors (Lipinski definition) is 2. The molecular weight excluding hydrogens is 528 g/mol. The van der Waals surface area contributed by atoms with Crippen LogP contribution in [0.2, 0.25) is 0 Å². The smallest absolute Gasteiger partial charge is 0.338 e. The molecule has 0 aromatic heterocycles. The first-order valence-corrected chi connectivity index (χ1v) is 16.0. The molecule has 42 heavy (non-hydrogen) atoms. The van der Waals surface area contributed by atoms with Crippen molar-refractivity contribution in [1.82, 2.24) is 0 Å². The maximum Gasteiger partial charge on any atom is 0.338 e. The normalized spacial score (nSPS) is 13.7. The average molecular weight is 579 g/mol. The number of nitrogens with one attached hydrogen (secondary N) is 2. The van der Waals surface area contributed by atoms with Gasteiger partial charge >= 0.3 is 5.97 Å². The van der Waals surface area contributed by atoms with E-state index in [0.717, 1.165) is 58.0 Å². The predicted molar refractivity (Wildman–Crippen MR) is 170 cm³/mol. The third-order valence-electron chi connectivity index (χ3n) is 8.32. The molecule has 2 atom stereocenters. The van der Waals surface area contributed by atoms with E-state index in [4.69, 9.17) is 9.47 Å². The van der Waals surface area contributed by atoms with Gasteiger partial charge in [0.1, 0.15) is 6.61 Å². The first kappa shape index (κ1) is 33.3. The van der Waals surface area contributed by atoms with Gasteiger partial charge < -0.3 is 20.1 Å². The number of fused-ring (bicyclic) bond motifs is 2. The zero-order valence-corrected chi connectivity index (χ0v) is 26.3. The first-order chi connectivity index (χ1) is 20.4. The van der Waals surface area contributed by atoms with Crippen molar-refractivity contribution in [2.24, 2.45) is 11.8 Å². The number of esters is 1. The summed E-state index contributed by atoms with van der Waals surface area (Å²) in [6.07, 6.45) is 8.93. The molecule has 0 radical (unpaired) electrons. The fourth-order valence-electron chi connectivity index (χ4n) is 5.51. The summed E-state index contributed by atoms with van der Waals surface area (Å²) in [7, 11) is 0. The monoisotopic (exact) mass is 578 g/mol. The fraction of sp³-hybridized carbons (Fsp3) is 0.571. The van der Waals surface area contributed by atoms with Gasteiger partial charge in [0.2, 0.25) is 0 Å². The van der Waals surface area contributed by atoms with Crippen LogP contribution < -0.4 is 10.6 Å². The average Bonchev–Trinajstić information content (AvgIpc) is 3.01. The van der Waals surface area contributed by atoms with Crippen molar-refractivity contribution >= 4 is 28.9 Å². The van der Waals surface area contributed by atoms with Crippen LogP contribution in [0.4, 0.5) is 11.4 Å². The molecule has 1 aliphatic carbocycles. The Bertz CT molecular complexity index is 1210. The Morgan fingerprint density at radius 1 is 0.738 bits per heavy atom. The second kappa shape index (κ2) is 17.1. The van der Waals surface area contributed by atoms with Crippen molar-refractivity contribution < 1.29 is 23.9 Å². The summed E-state index contributed by atoms with van der Waals surface area (Å²) in [5, 5.41) is 7.04. The molecule has 2 aromatic rings. The topological polar surface area (TPSA) is 93.7 Å². The number of anilines is 2. The Kier molecular flexibility index (Phi) is 13.5. The molecule has 1 aliphatic rings.